The number of benzene rings is 2. The van der Waals surface area contributed by atoms with Gasteiger partial charge in [-0.15, -0.1) is 0 Å². The Morgan fingerprint density at radius 2 is 1.74 bits per heavy atom. The molecule has 1 aromatic heterocycles. The molecule has 0 saturated heterocycles. The number of fused-ring (bicyclic) bond motifs is 4. The van der Waals surface area contributed by atoms with Crippen molar-refractivity contribution in [2.75, 3.05) is 11.4 Å². The van der Waals surface area contributed by atoms with Crippen LogP contribution in [0.25, 0.3) is 16.6 Å². The van der Waals surface area contributed by atoms with E-state index in [9.17, 15) is 9.59 Å². The second kappa shape index (κ2) is 5.05. The summed E-state index contributed by atoms with van der Waals surface area (Å²) in [6.07, 6.45) is 0.536. The van der Waals surface area contributed by atoms with Crippen LogP contribution in [0.4, 0.5) is 5.69 Å². The van der Waals surface area contributed by atoms with E-state index in [1.54, 1.807) is 22.5 Å². The third-order valence-corrected chi connectivity index (χ3v) is 4.20. The van der Waals surface area contributed by atoms with Gasteiger partial charge >= 0.3 is 0 Å². The van der Waals surface area contributed by atoms with Crippen molar-refractivity contribution in [3.8, 4) is 5.69 Å². The van der Waals surface area contributed by atoms with Gasteiger partial charge < -0.3 is 4.90 Å². The largest absolute Gasteiger partial charge is 0.310 e. The molecule has 4 rings (SSSR count). The van der Waals surface area contributed by atoms with E-state index >= 15 is 0 Å². The van der Waals surface area contributed by atoms with E-state index in [0.717, 1.165) is 5.69 Å². The molecule has 0 N–H and O–H groups in total. The summed E-state index contributed by atoms with van der Waals surface area (Å²) in [4.78, 5) is 31.3. The maximum absolute atomic E-state index is 13.0. The molecule has 0 aliphatic carbocycles. The minimum atomic E-state index is -0.0940. The number of hydrogen-bond donors (Lipinski definition) is 0. The van der Waals surface area contributed by atoms with Crippen molar-refractivity contribution in [3.63, 3.8) is 0 Å². The highest BCUT2D eigenvalue weighted by atomic mass is 16.2. The quantitative estimate of drug-likeness (QED) is 0.640. The van der Waals surface area contributed by atoms with Crippen molar-refractivity contribution >= 4 is 22.5 Å². The van der Waals surface area contributed by atoms with Crippen molar-refractivity contribution in [1.82, 2.24) is 9.55 Å². The first-order valence-corrected chi connectivity index (χ1v) is 7.55. The molecule has 0 unspecified atom stereocenters. The summed E-state index contributed by atoms with van der Waals surface area (Å²) < 4.78 is 1.64. The maximum atomic E-state index is 13.0. The number of amides is 1. The predicted molar refractivity (Wildman–Crippen MR) is 89.1 cm³/mol. The van der Waals surface area contributed by atoms with E-state index in [1.807, 2.05) is 42.5 Å². The van der Waals surface area contributed by atoms with Crippen LogP contribution in [0.5, 0.6) is 0 Å². The van der Waals surface area contributed by atoms with Gasteiger partial charge in [0.15, 0.2) is 0 Å². The van der Waals surface area contributed by atoms with Gasteiger partial charge in [-0.25, -0.2) is 4.98 Å². The Bertz CT molecular complexity index is 991. The van der Waals surface area contributed by atoms with Crippen LogP contribution in [0.3, 0.4) is 0 Å². The normalized spacial score (nSPS) is 13.3. The summed E-state index contributed by atoms with van der Waals surface area (Å²) in [5.74, 6) is 0.646. The lowest BCUT2D eigenvalue weighted by atomic mass is 10.2. The number of aromatic nitrogens is 2. The zero-order valence-corrected chi connectivity index (χ0v) is 12.7. The van der Waals surface area contributed by atoms with E-state index in [0.29, 0.717) is 35.4 Å². The molecule has 0 saturated carbocycles. The molecule has 1 aliphatic rings. The van der Waals surface area contributed by atoms with Crippen LogP contribution in [-0.2, 0) is 11.2 Å². The molecule has 0 atom stereocenters. The Hall–Kier alpha value is -2.95. The average Bonchev–Trinajstić information content (AvgIpc) is 2.72. The van der Waals surface area contributed by atoms with Gasteiger partial charge in [-0.3, -0.25) is 14.2 Å². The number of anilines is 1. The van der Waals surface area contributed by atoms with Crippen LogP contribution in [0, 0.1) is 0 Å². The highest BCUT2D eigenvalue weighted by Crippen LogP contribution is 2.28. The molecule has 0 bridgehead atoms. The zero-order valence-electron chi connectivity index (χ0n) is 12.7. The number of para-hydroxylation sites is 3. The van der Waals surface area contributed by atoms with Crippen molar-refractivity contribution in [3.05, 3.63) is 64.7 Å². The Labute approximate surface area is 132 Å². The number of hydrogen-bond acceptors (Lipinski definition) is 3. The van der Waals surface area contributed by atoms with Crippen molar-refractivity contribution in [2.24, 2.45) is 0 Å². The Morgan fingerprint density at radius 1 is 1.04 bits per heavy atom. The van der Waals surface area contributed by atoms with E-state index in [2.05, 4.69) is 4.98 Å². The molecule has 2 aromatic carbocycles. The minimum Gasteiger partial charge on any atom is -0.310 e. The Morgan fingerprint density at radius 3 is 2.52 bits per heavy atom. The monoisotopic (exact) mass is 305 g/mol. The van der Waals surface area contributed by atoms with Gasteiger partial charge in [0.2, 0.25) is 5.91 Å². The third-order valence-electron chi connectivity index (χ3n) is 4.20. The summed E-state index contributed by atoms with van der Waals surface area (Å²) in [5, 5.41) is 0.585. The summed E-state index contributed by atoms with van der Waals surface area (Å²) in [7, 11) is 0. The molecular formula is C18H15N3O2. The van der Waals surface area contributed by atoms with Crippen molar-refractivity contribution in [1.29, 1.82) is 0 Å². The van der Waals surface area contributed by atoms with Crippen LogP contribution in [-0.4, -0.2) is 22.0 Å². The van der Waals surface area contributed by atoms with E-state index in [1.165, 1.54) is 0 Å². The summed E-state index contributed by atoms with van der Waals surface area (Å²) in [5.41, 5.74) is 2.05. The highest BCUT2D eigenvalue weighted by Gasteiger charge is 2.24. The first-order valence-electron chi connectivity index (χ1n) is 7.55. The first-order chi connectivity index (χ1) is 11.2. The van der Waals surface area contributed by atoms with Gasteiger partial charge in [-0.1, -0.05) is 24.3 Å². The molecule has 23 heavy (non-hydrogen) atoms. The fourth-order valence-corrected chi connectivity index (χ4v) is 3.14. The van der Waals surface area contributed by atoms with Crippen LogP contribution in [0.1, 0.15) is 12.7 Å². The molecule has 1 amide bonds. The van der Waals surface area contributed by atoms with Crippen molar-refractivity contribution < 1.29 is 4.79 Å². The first kappa shape index (κ1) is 13.7. The van der Waals surface area contributed by atoms with Gasteiger partial charge in [0, 0.05) is 19.9 Å². The molecule has 2 heterocycles. The maximum Gasteiger partial charge on any atom is 0.266 e. The SMILES string of the molecule is CC(=O)N1CCc2nc3ccccc3c(=O)n2-c2ccccc21. The number of carbonyl (C=O) groups is 1. The fraction of sp³-hybridized carbons (Fsp3) is 0.167. The van der Waals surface area contributed by atoms with Gasteiger partial charge in [-0.05, 0) is 24.3 Å². The average molecular weight is 305 g/mol. The summed E-state index contributed by atoms with van der Waals surface area (Å²) >= 11 is 0. The van der Waals surface area contributed by atoms with Crippen LogP contribution in [0.15, 0.2) is 53.3 Å². The molecule has 0 radical (unpaired) electrons. The summed E-state index contributed by atoms with van der Waals surface area (Å²) in [6, 6.07) is 14.8. The van der Waals surface area contributed by atoms with Gasteiger partial charge in [0.1, 0.15) is 5.82 Å². The standard InChI is InChI=1S/C18H15N3O2/c1-12(22)20-11-10-17-19-14-7-3-2-6-13(14)18(23)21(17)16-9-5-4-8-15(16)20/h2-9H,10-11H2,1H3. The predicted octanol–water partition coefficient (Wildman–Crippen LogP) is 2.29. The topological polar surface area (TPSA) is 55.2 Å². The Kier molecular flexibility index (Phi) is 3.01. The molecular weight excluding hydrogens is 290 g/mol. The Balaban J connectivity index is 2.10. The van der Waals surface area contributed by atoms with Gasteiger partial charge in [-0.2, -0.15) is 0 Å². The molecule has 0 fully saturated rings. The lowest BCUT2D eigenvalue weighted by Gasteiger charge is -2.20. The molecule has 114 valence electrons. The van der Waals surface area contributed by atoms with Crippen molar-refractivity contribution in [2.45, 2.75) is 13.3 Å². The van der Waals surface area contributed by atoms with Gasteiger partial charge in [0.25, 0.3) is 5.56 Å². The summed E-state index contributed by atoms with van der Waals surface area (Å²) in [6.45, 7) is 2.05. The molecule has 3 aromatic rings. The van der Waals surface area contributed by atoms with Gasteiger partial charge in [0.05, 0.1) is 22.3 Å². The number of carbonyl (C=O) groups excluding carboxylic acids is 1. The fourth-order valence-electron chi connectivity index (χ4n) is 3.14. The van der Waals surface area contributed by atoms with Crippen LogP contribution in [0.2, 0.25) is 0 Å². The number of nitrogens with zero attached hydrogens (tertiary/aromatic N) is 3. The lowest BCUT2D eigenvalue weighted by Crippen LogP contribution is -2.30. The van der Waals surface area contributed by atoms with E-state index < -0.39 is 0 Å². The van der Waals surface area contributed by atoms with Crippen LogP contribution >= 0.6 is 0 Å². The highest BCUT2D eigenvalue weighted by molar-refractivity contribution is 5.94. The lowest BCUT2D eigenvalue weighted by molar-refractivity contribution is -0.116. The smallest absolute Gasteiger partial charge is 0.266 e. The minimum absolute atomic E-state index is 0.0390. The molecule has 5 heteroatoms. The van der Waals surface area contributed by atoms with E-state index in [-0.39, 0.29) is 11.5 Å². The molecule has 5 nitrogen and oxygen atoms in total. The van der Waals surface area contributed by atoms with E-state index in [4.69, 9.17) is 0 Å². The number of rotatable bonds is 0. The molecule has 1 aliphatic heterocycles. The second-order valence-electron chi connectivity index (χ2n) is 5.60. The zero-order chi connectivity index (χ0) is 16.0. The van der Waals surface area contributed by atoms with Crippen LogP contribution < -0.4 is 10.5 Å². The third kappa shape index (κ3) is 2.04. The second-order valence-corrected chi connectivity index (χ2v) is 5.60. The molecule has 0 spiro atoms.